The number of pyridine rings is 1. The summed E-state index contributed by atoms with van der Waals surface area (Å²) < 4.78 is 55.5. The number of thiazole rings is 1. The molecule has 0 aliphatic carbocycles. The molecule has 2 heterocycles. The summed E-state index contributed by atoms with van der Waals surface area (Å²) in [6.45, 7) is 3.76. The van der Waals surface area contributed by atoms with Crippen LogP contribution in [0.3, 0.4) is 0 Å². The first-order chi connectivity index (χ1) is 15.7. The lowest BCUT2D eigenvalue weighted by molar-refractivity contribution is -0.137. The number of halogens is 4. The Morgan fingerprint density at radius 1 is 0.879 bits per heavy atom. The molecule has 170 valence electrons. The van der Waals surface area contributed by atoms with Gasteiger partial charge in [0.05, 0.1) is 11.3 Å². The van der Waals surface area contributed by atoms with Gasteiger partial charge in [0.15, 0.2) is 5.13 Å². The fourth-order valence-corrected chi connectivity index (χ4v) is 4.48. The summed E-state index contributed by atoms with van der Waals surface area (Å²) in [7, 11) is 0. The van der Waals surface area contributed by atoms with E-state index < -0.39 is 23.1 Å². The van der Waals surface area contributed by atoms with Crippen LogP contribution in [0.25, 0.3) is 0 Å². The third-order valence-electron chi connectivity index (χ3n) is 5.32. The molecular weight excluding hydrogens is 450 g/mol. The van der Waals surface area contributed by atoms with E-state index in [1.165, 1.54) is 11.3 Å². The summed E-state index contributed by atoms with van der Waals surface area (Å²) in [4.78, 5) is 9.86. The third-order valence-corrected chi connectivity index (χ3v) is 6.15. The van der Waals surface area contributed by atoms with E-state index in [-0.39, 0.29) is 12.0 Å². The van der Waals surface area contributed by atoms with E-state index in [2.05, 4.69) is 15.3 Å². The summed E-state index contributed by atoms with van der Waals surface area (Å²) in [5.41, 5.74) is -0.0433. The molecular formula is C25H21F4N3S. The van der Waals surface area contributed by atoms with Gasteiger partial charge in [-0.15, -0.1) is 11.3 Å². The topological polar surface area (TPSA) is 37.8 Å². The molecule has 3 nitrogen and oxygen atoms in total. The number of rotatable bonds is 6. The van der Waals surface area contributed by atoms with Gasteiger partial charge in [-0.2, -0.15) is 13.2 Å². The van der Waals surface area contributed by atoms with Gasteiger partial charge in [0.25, 0.3) is 0 Å². The number of alkyl halides is 3. The number of hydrogen-bond acceptors (Lipinski definition) is 4. The zero-order valence-electron chi connectivity index (χ0n) is 17.9. The second kappa shape index (κ2) is 8.94. The van der Waals surface area contributed by atoms with E-state index >= 15 is 0 Å². The first-order valence-corrected chi connectivity index (χ1v) is 11.0. The SMILES string of the molecule is Cc1ccc(C(Cc2ccccc2)(Nc2ncc(C)s2)c2cc(F)cc(C(F)(F)F)c2)nc1. The molecule has 0 saturated heterocycles. The minimum absolute atomic E-state index is 0.114. The Kier molecular flexibility index (Phi) is 6.21. The molecule has 1 unspecified atom stereocenters. The van der Waals surface area contributed by atoms with E-state index in [9.17, 15) is 17.6 Å². The Hall–Kier alpha value is -3.26. The zero-order chi connectivity index (χ0) is 23.6. The van der Waals surface area contributed by atoms with E-state index in [0.717, 1.165) is 28.1 Å². The number of aryl methyl sites for hydroxylation is 2. The van der Waals surface area contributed by atoms with Crippen LogP contribution in [0.15, 0.2) is 73.1 Å². The van der Waals surface area contributed by atoms with Gasteiger partial charge in [0.1, 0.15) is 11.4 Å². The fraction of sp³-hybridized carbons (Fsp3) is 0.200. The first-order valence-electron chi connectivity index (χ1n) is 10.2. The maximum Gasteiger partial charge on any atom is 0.416 e. The van der Waals surface area contributed by atoms with Gasteiger partial charge < -0.3 is 5.32 Å². The summed E-state index contributed by atoms with van der Waals surface area (Å²) in [6, 6.07) is 15.5. The van der Waals surface area contributed by atoms with Crippen LogP contribution in [0.2, 0.25) is 0 Å². The normalized spacial score (nSPS) is 13.5. The van der Waals surface area contributed by atoms with Crippen molar-refractivity contribution in [1.29, 1.82) is 0 Å². The van der Waals surface area contributed by atoms with Gasteiger partial charge in [-0.25, -0.2) is 9.37 Å². The number of hydrogen-bond donors (Lipinski definition) is 1. The lowest BCUT2D eigenvalue weighted by Crippen LogP contribution is -2.40. The van der Waals surface area contributed by atoms with Crippen molar-refractivity contribution in [2.45, 2.75) is 32.0 Å². The molecule has 2 aromatic heterocycles. The highest BCUT2D eigenvalue weighted by atomic mass is 32.1. The molecule has 0 saturated carbocycles. The van der Waals surface area contributed by atoms with E-state index in [0.29, 0.717) is 16.9 Å². The molecule has 1 atom stereocenters. The maximum atomic E-state index is 14.6. The van der Waals surface area contributed by atoms with Crippen molar-refractivity contribution in [2.75, 3.05) is 5.32 Å². The highest BCUT2D eigenvalue weighted by molar-refractivity contribution is 7.15. The van der Waals surface area contributed by atoms with Crippen molar-refractivity contribution in [1.82, 2.24) is 9.97 Å². The summed E-state index contributed by atoms with van der Waals surface area (Å²) in [5, 5.41) is 3.83. The van der Waals surface area contributed by atoms with Gasteiger partial charge in [0, 0.05) is 23.7 Å². The molecule has 0 amide bonds. The summed E-state index contributed by atoms with van der Waals surface area (Å²) in [5.74, 6) is -0.971. The molecule has 33 heavy (non-hydrogen) atoms. The minimum Gasteiger partial charge on any atom is -0.346 e. The fourth-order valence-electron chi connectivity index (χ4n) is 3.74. The number of benzene rings is 2. The largest absolute Gasteiger partial charge is 0.416 e. The smallest absolute Gasteiger partial charge is 0.346 e. The standard InChI is InChI=1S/C25H21F4N3S/c1-16-8-9-22(30-14-16)24(13-18-6-4-3-5-7-18,32-23-31-15-17(2)33-23)19-10-20(25(27,28)29)12-21(26)11-19/h3-12,14-15H,13H2,1-2H3,(H,31,32). The van der Waals surface area contributed by atoms with Crippen LogP contribution < -0.4 is 5.32 Å². The molecule has 0 spiro atoms. The first kappa shape index (κ1) is 22.9. The van der Waals surface area contributed by atoms with Crippen LogP contribution in [0.1, 0.15) is 32.8 Å². The highest BCUT2D eigenvalue weighted by Crippen LogP contribution is 2.40. The van der Waals surface area contributed by atoms with Crippen molar-refractivity contribution in [3.05, 3.63) is 112 Å². The number of anilines is 1. The highest BCUT2D eigenvalue weighted by Gasteiger charge is 2.40. The predicted octanol–water partition coefficient (Wildman–Crippen LogP) is 6.91. The zero-order valence-corrected chi connectivity index (χ0v) is 18.8. The molecule has 0 aliphatic heterocycles. The van der Waals surface area contributed by atoms with Crippen molar-refractivity contribution in [3.8, 4) is 0 Å². The Bertz CT molecular complexity index is 1240. The number of nitrogens with zero attached hydrogens (tertiary/aromatic N) is 2. The van der Waals surface area contributed by atoms with Gasteiger partial charge >= 0.3 is 6.18 Å². The quantitative estimate of drug-likeness (QED) is 0.311. The Labute approximate surface area is 193 Å². The molecule has 0 radical (unpaired) electrons. The molecule has 1 N–H and O–H groups in total. The monoisotopic (exact) mass is 471 g/mol. The van der Waals surface area contributed by atoms with Crippen LogP contribution >= 0.6 is 11.3 Å². The summed E-state index contributed by atoms with van der Waals surface area (Å²) >= 11 is 1.37. The van der Waals surface area contributed by atoms with Gasteiger partial charge in [0.2, 0.25) is 0 Å². The molecule has 0 aliphatic rings. The molecule has 0 bridgehead atoms. The van der Waals surface area contributed by atoms with Crippen molar-refractivity contribution < 1.29 is 17.6 Å². The molecule has 8 heteroatoms. The van der Waals surface area contributed by atoms with Crippen molar-refractivity contribution in [3.63, 3.8) is 0 Å². The molecule has 4 rings (SSSR count). The van der Waals surface area contributed by atoms with Crippen LogP contribution in [0.4, 0.5) is 22.7 Å². The Balaban J connectivity index is 2.00. The number of aromatic nitrogens is 2. The van der Waals surface area contributed by atoms with Crippen LogP contribution in [-0.2, 0) is 18.1 Å². The molecule has 4 aromatic rings. The van der Waals surface area contributed by atoms with Gasteiger partial charge in [-0.05, 0) is 54.8 Å². The van der Waals surface area contributed by atoms with E-state index in [1.54, 1.807) is 18.5 Å². The lowest BCUT2D eigenvalue weighted by atomic mass is 9.79. The van der Waals surface area contributed by atoms with Gasteiger partial charge in [-0.3, -0.25) is 4.98 Å². The number of nitrogens with one attached hydrogen (secondary N) is 1. The van der Waals surface area contributed by atoms with Crippen molar-refractivity contribution >= 4 is 16.5 Å². The summed E-state index contributed by atoms with van der Waals surface area (Å²) in [6.07, 6.45) is -1.15. The van der Waals surface area contributed by atoms with Gasteiger partial charge in [-0.1, -0.05) is 36.4 Å². The average molecular weight is 472 g/mol. The minimum atomic E-state index is -4.70. The Morgan fingerprint density at radius 3 is 2.21 bits per heavy atom. The lowest BCUT2D eigenvalue weighted by Gasteiger charge is -2.36. The maximum absolute atomic E-state index is 14.6. The second-order valence-electron chi connectivity index (χ2n) is 7.92. The van der Waals surface area contributed by atoms with E-state index in [1.807, 2.05) is 50.2 Å². The Morgan fingerprint density at radius 2 is 1.61 bits per heavy atom. The van der Waals surface area contributed by atoms with Crippen molar-refractivity contribution in [2.24, 2.45) is 0 Å². The second-order valence-corrected chi connectivity index (χ2v) is 9.15. The molecule has 2 aromatic carbocycles. The third kappa shape index (κ3) is 5.06. The van der Waals surface area contributed by atoms with Crippen LogP contribution in [0.5, 0.6) is 0 Å². The van der Waals surface area contributed by atoms with Crippen LogP contribution in [0, 0.1) is 19.7 Å². The molecule has 0 fully saturated rings. The van der Waals surface area contributed by atoms with E-state index in [4.69, 9.17) is 0 Å². The van der Waals surface area contributed by atoms with Crippen LogP contribution in [-0.4, -0.2) is 9.97 Å². The predicted molar refractivity (Wildman–Crippen MR) is 122 cm³/mol. The average Bonchev–Trinajstić information content (AvgIpc) is 3.18.